The first kappa shape index (κ1) is 14.4. The van der Waals surface area contributed by atoms with E-state index in [1.807, 2.05) is 0 Å². The van der Waals surface area contributed by atoms with Gasteiger partial charge >= 0.3 is 0 Å². The summed E-state index contributed by atoms with van der Waals surface area (Å²) in [7, 11) is 1.80. The number of methoxy groups -OCH3 is 1. The molecule has 1 aromatic rings. The minimum atomic E-state index is 0.396. The van der Waals surface area contributed by atoms with Gasteiger partial charge < -0.3 is 15.0 Å². The average molecular weight is 262 g/mol. The summed E-state index contributed by atoms with van der Waals surface area (Å²) in [5, 5.41) is 3.47. The van der Waals surface area contributed by atoms with Crippen molar-refractivity contribution in [1.29, 1.82) is 0 Å². The smallest absolute Gasteiger partial charge is 0.0762 e. The fourth-order valence-electron chi connectivity index (χ4n) is 2.48. The van der Waals surface area contributed by atoms with E-state index in [4.69, 9.17) is 4.74 Å². The second-order valence-corrected chi connectivity index (χ2v) is 5.78. The van der Waals surface area contributed by atoms with Gasteiger partial charge in [0.15, 0.2) is 0 Å². The summed E-state index contributed by atoms with van der Waals surface area (Å²) < 4.78 is 5.41. The van der Waals surface area contributed by atoms with Gasteiger partial charge in [-0.2, -0.15) is 0 Å². The van der Waals surface area contributed by atoms with Gasteiger partial charge in [-0.1, -0.05) is 26.0 Å². The molecule has 19 heavy (non-hydrogen) atoms. The van der Waals surface area contributed by atoms with Crippen LogP contribution in [0.25, 0.3) is 0 Å². The number of ether oxygens (including phenoxy) is 1. The van der Waals surface area contributed by atoms with Crippen molar-refractivity contribution in [2.24, 2.45) is 5.92 Å². The Labute approximate surface area is 116 Å². The average Bonchev–Trinajstić information content (AvgIpc) is 2.88. The van der Waals surface area contributed by atoms with E-state index in [9.17, 15) is 0 Å². The maximum absolute atomic E-state index is 5.41. The lowest BCUT2D eigenvalue weighted by Crippen LogP contribution is -2.22. The zero-order valence-corrected chi connectivity index (χ0v) is 12.4. The zero-order valence-electron chi connectivity index (χ0n) is 12.4. The highest BCUT2D eigenvalue weighted by molar-refractivity contribution is 5.48. The molecule has 1 aliphatic rings. The van der Waals surface area contributed by atoms with Gasteiger partial charge in [0.25, 0.3) is 0 Å². The summed E-state index contributed by atoms with van der Waals surface area (Å²) in [4.78, 5) is 2.40. The van der Waals surface area contributed by atoms with Crippen LogP contribution in [0.4, 0.5) is 5.69 Å². The van der Waals surface area contributed by atoms with E-state index in [1.54, 1.807) is 7.11 Å². The summed E-state index contributed by atoms with van der Waals surface area (Å²) >= 11 is 0. The normalized spacial score (nSPS) is 19.4. The van der Waals surface area contributed by atoms with Crippen LogP contribution in [0, 0.1) is 5.92 Å². The molecule has 0 spiro atoms. The molecule has 2 rings (SSSR count). The van der Waals surface area contributed by atoms with Gasteiger partial charge in [-0.3, -0.25) is 0 Å². The lowest BCUT2D eigenvalue weighted by atomic mass is 10.2. The van der Waals surface area contributed by atoms with Crippen LogP contribution in [0.15, 0.2) is 24.3 Å². The molecule has 3 nitrogen and oxygen atoms in total. The van der Waals surface area contributed by atoms with Gasteiger partial charge in [-0.15, -0.1) is 0 Å². The van der Waals surface area contributed by atoms with Crippen LogP contribution in [0.1, 0.15) is 25.8 Å². The van der Waals surface area contributed by atoms with Crippen molar-refractivity contribution in [2.75, 3.05) is 31.6 Å². The topological polar surface area (TPSA) is 24.5 Å². The highest BCUT2D eigenvalue weighted by Gasteiger charge is 2.21. The van der Waals surface area contributed by atoms with Crippen molar-refractivity contribution in [1.82, 2.24) is 5.32 Å². The molecule has 1 N–H and O–H groups in total. The number of anilines is 1. The van der Waals surface area contributed by atoms with Gasteiger partial charge in [0.2, 0.25) is 0 Å². The first-order chi connectivity index (χ1) is 9.19. The van der Waals surface area contributed by atoms with Crippen LogP contribution < -0.4 is 10.2 Å². The van der Waals surface area contributed by atoms with Crippen molar-refractivity contribution in [3.05, 3.63) is 29.8 Å². The number of benzene rings is 1. The molecule has 0 aromatic heterocycles. The molecule has 1 heterocycles. The van der Waals surface area contributed by atoms with Crippen molar-refractivity contribution < 1.29 is 4.74 Å². The molecular weight excluding hydrogens is 236 g/mol. The van der Waals surface area contributed by atoms with Gasteiger partial charge in [0.1, 0.15) is 0 Å². The molecule has 0 radical (unpaired) electrons. The number of nitrogens with zero attached hydrogens (tertiary/aromatic N) is 1. The summed E-state index contributed by atoms with van der Waals surface area (Å²) in [6, 6.07) is 8.90. The molecule has 1 aliphatic heterocycles. The quantitative estimate of drug-likeness (QED) is 0.853. The Morgan fingerprint density at radius 2 is 2.05 bits per heavy atom. The monoisotopic (exact) mass is 262 g/mol. The van der Waals surface area contributed by atoms with E-state index in [-0.39, 0.29) is 0 Å². The minimum absolute atomic E-state index is 0.396. The van der Waals surface area contributed by atoms with E-state index >= 15 is 0 Å². The molecule has 1 atom stereocenters. The molecular formula is C16H26N2O. The largest absolute Gasteiger partial charge is 0.380 e. The van der Waals surface area contributed by atoms with E-state index in [0.29, 0.717) is 12.0 Å². The maximum atomic E-state index is 5.41. The highest BCUT2D eigenvalue weighted by atomic mass is 16.5. The number of rotatable bonds is 6. The Bertz CT molecular complexity index is 375. The Hall–Kier alpha value is -1.06. The Morgan fingerprint density at radius 3 is 2.63 bits per heavy atom. The van der Waals surface area contributed by atoms with E-state index < -0.39 is 0 Å². The fourth-order valence-corrected chi connectivity index (χ4v) is 2.48. The zero-order chi connectivity index (χ0) is 13.7. The predicted octanol–water partition coefficient (Wildman–Crippen LogP) is 2.66. The van der Waals surface area contributed by atoms with Crippen LogP contribution in [-0.4, -0.2) is 32.8 Å². The van der Waals surface area contributed by atoms with E-state index in [1.165, 1.54) is 11.3 Å². The molecule has 1 aromatic carbocycles. The van der Waals surface area contributed by atoms with Crippen molar-refractivity contribution in [3.63, 3.8) is 0 Å². The lowest BCUT2D eigenvalue weighted by molar-refractivity contribution is 0.121. The van der Waals surface area contributed by atoms with Crippen molar-refractivity contribution in [2.45, 2.75) is 32.9 Å². The number of hydrogen-bond acceptors (Lipinski definition) is 3. The fraction of sp³-hybridized carbons (Fsp3) is 0.625. The molecule has 0 aliphatic carbocycles. The first-order valence-electron chi connectivity index (χ1n) is 7.26. The summed E-state index contributed by atoms with van der Waals surface area (Å²) in [5.41, 5.74) is 2.67. The van der Waals surface area contributed by atoms with Crippen LogP contribution >= 0.6 is 0 Å². The van der Waals surface area contributed by atoms with E-state index in [2.05, 4.69) is 48.3 Å². The van der Waals surface area contributed by atoms with Crippen LogP contribution in [-0.2, 0) is 11.3 Å². The second-order valence-electron chi connectivity index (χ2n) is 5.78. The third kappa shape index (κ3) is 4.22. The summed E-state index contributed by atoms with van der Waals surface area (Å²) in [6.07, 6.45) is 1.53. The third-order valence-electron chi connectivity index (χ3n) is 3.66. The highest BCUT2D eigenvalue weighted by Crippen LogP contribution is 2.21. The number of hydrogen-bond donors (Lipinski definition) is 1. The Morgan fingerprint density at radius 1 is 1.32 bits per heavy atom. The van der Waals surface area contributed by atoms with Crippen LogP contribution in [0.5, 0.6) is 0 Å². The standard InChI is InChI=1S/C16H26N2O/c1-13(2)10-17-11-14-4-6-15(7-5-14)18-9-8-16(12-18)19-3/h4-7,13,16-17H,8-12H2,1-3H3. The first-order valence-corrected chi connectivity index (χ1v) is 7.26. The van der Waals surface area contributed by atoms with Gasteiger partial charge in [0.05, 0.1) is 6.10 Å². The molecule has 0 saturated carbocycles. The molecule has 3 heteroatoms. The maximum Gasteiger partial charge on any atom is 0.0762 e. The molecule has 106 valence electrons. The Kier molecular flexibility index (Phi) is 5.23. The van der Waals surface area contributed by atoms with Crippen LogP contribution in [0.3, 0.4) is 0 Å². The molecule has 1 unspecified atom stereocenters. The van der Waals surface area contributed by atoms with Crippen molar-refractivity contribution >= 4 is 5.69 Å². The molecule has 1 fully saturated rings. The van der Waals surface area contributed by atoms with Gasteiger partial charge in [-0.05, 0) is 36.6 Å². The minimum Gasteiger partial charge on any atom is -0.380 e. The molecule has 0 bridgehead atoms. The molecule has 0 amide bonds. The SMILES string of the molecule is COC1CCN(c2ccc(CNCC(C)C)cc2)C1. The molecule has 1 saturated heterocycles. The Balaban J connectivity index is 1.84. The summed E-state index contributed by atoms with van der Waals surface area (Å²) in [6.45, 7) is 8.61. The second kappa shape index (κ2) is 6.92. The van der Waals surface area contributed by atoms with Gasteiger partial charge in [-0.25, -0.2) is 0 Å². The van der Waals surface area contributed by atoms with E-state index in [0.717, 1.165) is 32.6 Å². The van der Waals surface area contributed by atoms with Gasteiger partial charge in [0, 0.05) is 32.4 Å². The van der Waals surface area contributed by atoms with Crippen LogP contribution in [0.2, 0.25) is 0 Å². The third-order valence-corrected chi connectivity index (χ3v) is 3.66. The summed E-state index contributed by atoms with van der Waals surface area (Å²) in [5.74, 6) is 0.704. The predicted molar refractivity (Wildman–Crippen MR) is 80.6 cm³/mol. The van der Waals surface area contributed by atoms with Crippen molar-refractivity contribution in [3.8, 4) is 0 Å². The number of nitrogens with one attached hydrogen (secondary N) is 1. The lowest BCUT2D eigenvalue weighted by Gasteiger charge is -2.18.